The molecule has 2 aromatic rings. The van der Waals surface area contributed by atoms with Gasteiger partial charge in [0, 0.05) is 21.9 Å². The van der Waals surface area contributed by atoms with Crippen LogP contribution in [0, 0.1) is 10.5 Å². The van der Waals surface area contributed by atoms with Crippen LogP contribution in [0.15, 0.2) is 36.4 Å². The Balaban J connectivity index is 1.66. The summed E-state index contributed by atoms with van der Waals surface area (Å²) in [6, 6.07) is 13.1. The van der Waals surface area contributed by atoms with Crippen LogP contribution in [0.3, 0.4) is 0 Å². The third-order valence-corrected chi connectivity index (χ3v) is 4.23. The molecular formula is C17H19IN2O. The minimum Gasteiger partial charge on any atom is -0.487 e. The summed E-state index contributed by atoms with van der Waals surface area (Å²) in [5.74, 6) is 0.882. The lowest BCUT2D eigenvalue weighted by atomic mass is 10.2. The fourth-order valence-corrected chi connectivity index (χ4v) is 2.49. The van der Waals surface area contributed by atoms with Crippen molar-refractivity contribution in [1.82, 2.24) is 10.3 Å². The van der Waals surface area contributed by atoms with E-state index >= 15 is 0 Å². The van der Waals surface area contributed by atoms with E-state index in [1.807, 2.05) is 19.1 Å². The summed E-state index contributed by atoms with van der Waals surface area (Å²) in [5.41, 5.74) is 3.22. The van der Waals surface area contributed by atoms with E-state index in [9.17, 15) is 0 Å². The molecular weight excluding hydrogens is 375 g/mol. The third-order valence-electron chi connectivity index (χ3n) is 3.51. The second-order valence-electron chi connectivity index (χ2n) is 5.47. The van der Waals surface area contributed by atoms with Gasteiger partial charge in [0.05, 0.1) is 5.69 Å². The molecule has 1 aromatic heterocycles. The number of aromatic nitrogens is 1. The summed E-state index contributed by atoms with van der Waals surface area (Å²) in [6.07, 6.45) is 2.56. The van der Waals surface area contributed by atoms with Gasteiger partial charge in [0.25, 0.3) is 0 Å². The number of ether oxygens (including phenoxy) is 1. The average molecular weight is 394 g/mol. The first-order valence-electron chi connectivity index (χ1n) is 7.28. The van der Waals surface area contributed by atoms with Gasteiger partial charge in [-0.2, -0.15) is 0 Å². The molecule has 0 radical (unpaired) electrons. The molecule has 1 aromatic carbocycles. The first kappa shape index (κ1) is 14.8. The highest BCUT2D eigenvalue weighted by Crippen LogP contribution is 2.22. The van der Waals surface area contributed by atoms with Gasteiger partial charge in [-0.1, -0.05) is 12.1 Å². The number of hydrogen-bond donors (Lipinski definition) is 1. The number of aryl methyl sites for hydroxylation is 1. The van der Waals surface area contributed by atoms with E-state index in [0.717, 1.165) is 23.7 Å². The van der Waals surface area contributed by atoms with E-state index in [-0.39, 0.29) is 0 Å². The Labute approximate surface area is 139 Å². The maximum absolute atomic E-state index is 5.97. The van der Waals surface area contributed by atoms with Gasteiger partial charge in [0.1, 0.15) is 12.4 Å². The zero-order chi connectivity index (χ0) is 14.7. The van der Waals surface area contributed by atoms with Crippen molar-refractivity contribution in [3.8, 4) is 5.75 Å². The molecule has 3 rings (SSSR count). The highest BCUT2D eigenvalue weighted by molar-refractivity contribution is 14.1. The molecule has 0 bridgehead atoms. The zero-order valence-corrected chi connectivity index (χ0v) is 14.3. The average Bonchev–Trinajstić information content (AvgIpc) is 3.30. The maximum Gasteiger partial charge on any atom is 0.142 e. The number of hydrogen-bond acceptors (Lipinski definition) is 3. The molecule has 21 heavy (non-hydrogen) atoms. The van der Waals surface area contributed by atoms with Crippen molar-refractivity contribution in [1.29, 1.82) is 0 Å². The highest BCUT2D eigenvalue weighted by Gasteiger charge is 2.21. The van der Waals surface area contributed by atoms with Crippen molar-refractivity contribution < 1.29 is 4.74 Å². The number of nitrogens with zero attached hydrogens (tertiary/aromatic N) is 1. The highest BCUT2D eigenvalue weighted by atomic mass is 127. The minimum atomic E-state index is 0.581. The predicted molar refractivity (Wildman–Crippen MR) is 92.3 cm³/mol. The quantitative estimate of drug-likeness (QED) is 0.757. The zero-order valence-electron chi connectivity index (χ0n) is 12.1. The molecule has 0 spiro atoms. The molecule has 0 amide bonds. The van der Waals surface area contributed by atoms with Crippen LogP contribution >= 0.6 is 22.6 Å². The topological polar surface area (TPSA) is 34.1 Å². The summed E-state index contributed by atoms with van der Waals surface area (Å²) < 4.78 is 7.20. The molecule has 0 aliphatic heterocycles. The molecule has 4 heteroatoms. The molecule has 0 saturated heterocycles. The Morgan fingerprint density at radius 3 is 2.67 bits per heavy atom. The van der Waals surface area contributed by atoms with Crippen molar-refractivity contribution in [3.05, 3.63) is 56.9 Å². The van der Waals surface area contributed by atoms with E-state index < -0.39 is 0 Å². The van der Waals surface area contributed by atoms with Gasteiger partial charge >= 0.3 is 0 Å². The first-order valence-corrected chi connectivity index (χ1v) is 8.36. The third kappa shape index (κ3) is 4.41. The van der Waals surface area contributed by atoms with Crippen molar-refractivity contribution >= 4 is 22.6 Å². The number of pyridine rings is 1. The normalized spacial score (nSPS) is 14.2. The Bertz CT molecular complexity index is 609. The van der Waals surface area contributed by atoms with E-state index in [4.69, 9.17) is 4.74 Å². The second-order valence-corrected chi connectivity index (χ2v) is 6.71. The molecule has 0 atom stereocenters. The van der Waals surface area contributed by atoms with Gasteiger partial charge < -0.3 is 10.1 Å². The molecule has 3 nitrogen and oxygen atoms in total. The van der Waals surface area contributed by atoms with E-state index in [2.05, 4.69) is 57.2 Å². The molecule has 0 unspecified atom stereocenters. The van der Waals surface area contributed by atoms with Crippen LogP contribution in [0.2, 0.25) is 0 Å². The number of benzene rings is 1. The van der Waals surface area contributed by atoms with Crippen LogP contribution in [-0.2, 0) is 13.2 Å². The summed E-state index contributed by atoms with van der Waals surface area (Å²) in [4.78, 5) is 4.61. The molecule has 110 valence electrons. The Kier molecular flexibility index (Phi) is 4.75. The SMILES string of the molecule is Cc1ccc(OCc2ccc(I)cc2)c(CNC2CC2)n1. The van der Waals surface area contributed by atoms with Crippen molar-refractivity contribution in [3.63, 3.8) is 0 Å². The fourth-order valence-electron chi connectivity index (χ4n) is 2.13. The minimum absolute atomic E-state index is 0.581. The van der Waals surface area contributed by atoms with Crippen molar-refractivity contribution in [2.45, 2.75) is 39.0 Å². The molecule has 1 fully saturated rings. The van der Waals surface area contributed by atoms with Crippen LogP contribution in [0.4, 0.5) is 0 Å². The number of halogens is 1. The van der Waals surface area contributed by atoms with Gasteiger partial charge in [-0.05, 0) is 72.2 Å². The lowest BCUT2D eigenvalue weighted by Gasteiger charge is -2.12. The van der Waals surface area contributed by atoms with Crippen LogP contribution in [0.1, 0.15) is 29.8 Å². The molecule has 1 N–H and O–H groups in total. The van der Waals surface area contributed by atoms with Crippen molar-refractivity contribution in [2.75, 3.05) is 0 Å². The maximum atomic E-state index is 5.97. The first-order chi connectivity index (χ1) is 10.2. The number of rotatable bonds is 6. The van der Waals surface area contributed by atoms with Crippen LogP contribution in [-0.4, -0.2) is 11.0 Å². The lowest BCUT2D eigenvalue weighted by Crippen LogP contribution is -2.17. The van der Waals surface area contributed by atoms with Gasteiger partial charge in [-0.15, -0.1) is 0 Å². The molecule has 1 aliphatic rings. The van der Waals surface area contributed by atoms with Gasteiger partial charge in [-0.25, -0.2) is 0 Å². The largest absolute Gasteiger partial charge is 0.487 e. The van der Waals surface area contributed by atoms with Gasteiger partial charge in [-0.3, -0.25) is 4.98 Å². The second kappa shape index (κ2) is 6.75. The summed E-state index contributed by atoms with van der Waals surface area (Å²) >= 11 is 2.31. The van der Waals surface area contributed by atoms with Crippen LogP contribution in [0.5, 0.6) is 5.75 Å². The van der Waals surface area contributed by atoms with Crippen molar-refractivity contribution in [2.24, 2.45) is 0 Å². The monoisotopic (exact) mass is 394 g/mol. The molecule has 1 heterocycles. The Morgan fingerprint density at radius 1 is 1.19 bits per heavy atom. The van der Waals surface area contributed by atoms with Crippen LogP contribution < -0.4 is 10.1 Å². The summed E-state index contributed by atoms with van der Waals surface area (Å²) in [5, 5.41) is 3.50. The number of nitrogens with one attached hydrogen (secondary N) is 1. The summed E-state index contributed by atoms with van der Waals surface area (Å²) in [6.45, 7) is 3.38. The van der Waals surface area contributed by atoms with Crippen LogP contribution in [0.25, 0.3) is 0 Å². The molecule has 1 aliphatic carbocycles. The smallest absolute Gasteiger partial charge is 0.142 e. The summed E-state index contributed by atoms with van der Waals surface area (Å²) in [7, 11) is 0. The standard InChI is InChI=1S/C17H19IN2O/c1-12-2-9-17(16(20-12)10-19-15-7-8-15)21-11-13-3-5-14(18)6-4-13/h2-6,9,15,19H,7-8,10-11H2,1H3. The fraction of sp³-hybridized carbons (Fsp3) is 0.353. The van der Waals surface area contributed by atoms with Gasteiger partial charge in [0.15, 0.2) is 0 Å². The van der Waals surface area contributed by atoms with E-state index in [1.165, 1.54) is 22.0 Å². The Morgan fingerprint density at radius 2 is 1.95 bits per heavy atom. The van der Waals surface area contributed by atoms with E-state index in [1.54, 1.807) is 0 Å². The lowest BCUT2D eigenvalue weighted by molar-refractivity contribution is 0.300. The molecule has 1 saturated carbocycles. The van der Waals surface area contributed by atoms with Gasteiger partial charge in [0.2, 0.25) is 0 Å². The predicted octanol–water partition coefficient (Wildman–Crippen LogP) is 3.83. The van der Waals surface area contributed by atoms with E-state index in [0.29, 0.717) is 12.6 Å². The Hall–Kier alpha value is -1.14.